The molecular weight excluding hydrogens is 539 g/mol. The Balaban J connectivity index is 1.46. The summed E-state index contributed by atoms with van der Waals surface area (Å²) in [7, 11) is -6.80. The van der Waals surface area contributed by atoms with Crippen molar-refractivity contribution in [2.75, 3.05) is 6.50 Å². The van der Waals surface area contributed by atoms with Crippen LogP contribution in [0.2, 0.25) is 11.1 Å². The predicted molar refractivity (Wildman–Crippen MR) is 171 cm³/mol. The second-order valence-corrected chi connectivity index (χ2v) is 21.3. The molecule has 3 nitrogen and oxygen atoms in total. The lowest BCUT2D eigenvalue weighted by molar-refractivity contribution is -0.192. The lowest BCUT2D eigenvalue weighted by atomic mass is 9.41. The summed E-state index contributed by atoms with van der Waals surface area (Å²) in [6.07, 6.45) is 5.45. The molecule has 5 heteroatoms. The van der Waals surface area contributed by atoms with Gasteiger partial charge in [-0.05, 0) is 85.9 Å². The Morgan fingerprint density at radius 3 is 1.76 bits per heavy atom. The number of sulfonamides is 1. The first-order valence-corrected chi connectivity index (χ1v) is 19.2. The topological polar surface area (TPSA) is 37.4 Å². The largest absolute Gasteiger partial charge is 0.243 e. The highest BCUT2D eigenvalue weighted by Gasteiger charge is 2.70. The fourth-order valence-electron chi connectivity index (χ4n) is 9.78. The maximum Gasteiger partial charge on any atom is 0.243 e. The van der Waals surface area contributed by atoms with E-state index in [9.17, 15) is 11.2 Å². The monoisotopic (exact) mass is 585 g/mol. The molecule has 4 bridgehead atoms. The van der Waals surface area contributed by atoms with Crippen LogP contribution < -0.4 is 10.4 Å². The van der Waals surface area contributed by atoms with Crippen LogP contribution in [0.4, 0.5) is 0 Å². The Morgan fingerprint density at radius 2 is 1.29 bits per heavy atom. The molecule has 0 unspecified atom stereocenters. The van der Waals surface area contributed by atoms with Gasteiger partial charge >= 0.3 is 0 Å². The van der Waals surface area contributed by atoms with Crippen molar-refractivity contribution >= 4 is 28.5 Å². The van der Waals surface area contributed by atoms with Crippen molar-refractivity contribution in [2.45, 2.75) is 81.8 Å². The van der Waals surface area contributed by atoms with Crippen LogP contribution in [0, 0.1) is 36.0 Å². The zero-order valence-electron chi connectivity index (χ0n) is 26.9. The van der Waals surface area contributed by atoms with E-state index in [-0.39, 0.29) is 21.8 Å². The van der Waals surface area contributed by atoms with E-state index in [1.807, 2.05) is 19.1 Å². The Morgan fingerprint density at radius 1 is 0.805 bits per heavy atom. The van der Waals surface area contributed by atoms with Gasteiger partial charge in [0.1, 0.15) is 8.07 Å². The quantitative estimate of drug-likeness (QED) is 0.296. The maximum absolute atomic E-state index is 14.7. The molecule has 3 aromatic rings. The summed E-state index contributed by atoms with van der Waals surface area (Å²) in [5.74, 6) is 1.79. The number of benzene rings is 3. The molecule has 4 saturated carbocycles. The summed E-state index contributed by atoms with van der Waals surface area (Å²) in [6, 6.07) is 28.9. The van der Waals surface area contributed by atoms with Gasteiger partial charge in [-0.15, -0.1) is 0 Å². The minimum Gasteiger partial charge on any atom is -0.207 e. The average molecular weight is 586 g/mol. The molecule has 1 atom stereocenters. The van der Waals surface area contributed by atoms with Crippen LogP contribution in [0.25, 0.3) is 0 Å². The van der Waals surface area contributed by atoms with Crippen molar-refractivity contribution in [2.24, 2.45) is 29.1 Å². The van der Waals surface area contributed by atoms with Crippen molar-refractivity contribution in [3.63, 3.8) is 0 Å². The molecule has 0 amide bonds. The van der Waals surface area contributed by atoms with Crippen LogP contribution >= 0.6 is 0 Å². The van der Waals surface area contributed by atoms with Gasteiger partial charge in [0, 0.05) is 20.7 Å². The second kappa shape index (κ2) is 9.65. The van der Waals surface area contributed by atoms with E-state index in [1.165, 1.54) is 21.1 Å². The fourth-order valence-corrected chi connectivity index (χ4v) is 17.2. The van der Waals surface area contributed by atoms with E-state index in [0.29, 0.717) is 17.9 Å². The molecule has 8 rings (SSSR count). The van der Waals surface area contributed by atoms with Crippen molar-refractivity contribution < 1.29 is 11.2 Å². The lowest BCUT2D eigenvalue weighted by Crippen LogP contribution is -2.78. The highest BCUT2D eigenvalue weighted by atomic mass is 32.2. The first-order valence-electron chi connectivity index (χ1n) is 16.6. The molecule has 1 heterocycles. The Hall–Kier alpha value is -2.21. The van der Waals surface area contributed by atoms with Gasteiger partial charge in [-0.3, -0.25) is 0 Å². The highest BCUT2D eigenvalue weighted by molar-refractivity contribution is 7.89. The third-order valence-electron chi connectivity index (χ3n) is 11.5. The van der Waals surface area contributed by atoms with E-state index >= 15 is 0 Å². The normalized spacial score (nSPS) is 33.3. The van der Waals surface area contributed by atoms with Gasteiger partial charge in [0.05, 0.1) is 4.90 Å². The first kappa shape index (κ1) is 25.3. The standard InChI is InChI=1S/C36H45NO2SSi/c1-26-15-17-31(18-16-26)40(38,39)37-25-36(29-20-27-19-28(22-29)23-30(36)21-27)34(37)24-41(35(2,3)4,32-11-7-5-8-12-32)33-13-9-6-10-14-33/h5-18,27-30,34H,19-25H2,1-4H3/t27?,28?,29?,30?,34-,36?/m0/s1/i25D2. The molecule has 5 aliphatic rings. The molecule has 0 aromatic heterocycles. The summed E-state index contributed by atoms with van der Waals surface area (Å²) in [5, 5.41) is 2.45. The number of aryl methyl sites for hydroxylation is 1. The summed E-state index contributed by atoms with van der Waals surface area (Å²) >= 11 is 0. The summed E-state index contributed by atoms with van der Waals surface area (Å²) < 4.78 is 50.4. The van der Waals surface area contributed by atoms with Crippen molar-refractivity contribution in [1.82, 2.24) is 4.31 Å². The number of rotatable bonds is 6. The minimum absolute atomic E-state index is 0.148. The Bertz CT molecular complexity index is 1530. The molecule has 0 N–H and O–H groups in total. The van der Waals surface area contributed by atoms with E-state index in [1.54, 1.807) is 12.1 Å². The maximum atomic E-state index is 14.7. The fraction of sp³-hybridized carbons (Fsp3) is 0.500. The van der Waals surface area contributed by atoms with Gasteiger partial charge in [0.15, 0.2) is 0 Å². The zero-order valence-corrected chi connectivity index (χ0v) is 26.7. The summed E-state index contributed by atoms with van der Waals surface area (Å²) in [5.41, 5.74) is 0.331. The van der Waals surface area contributed by atoms with Gasteiger partial charge in [0.2, 0.25) is 10.0 Å². The predicted octanol–water partition coefficient (Wildman–Crippen LogP) is 6.87. The van der Waals surface area contributed by atoms with Crippen LogP contribution in [0.1, 0.15) is 61.2 Å². The Labute approximate surface area is 251 Å². The van der Waals surface area contributed by atoms with Crippen LogP contribution in [0.5, 0.6) is 0 Å². The Kier molecular flexibility index (Phi) is 5.96. The van der Waals surface area contributed by atoms with E-state index in [4.69, 9.17) is 0 Å². The lowest BCUT2D eigenvalue weighted by Gasteiger charge is -2.72. The number of hydrogen-bond donors (Lipinski definition) is 0. The van der Waals surface area contributed by atoms with Gasteiger partial charge in [0.25, 0.3) is 0 Å². The molecule has 0 radical (unpaired) electrons. The van der Waals surface area contributed by atoms with Gasteiger partial charge < -0.3 is 0 Å². The molecule has 1 spiro atoms. The van der Waals surface area contributed by atoms with E-state index < -0.39 is 36.1 Å². The van der Waals surface area contributed by atoms with Crippen LogP contribution in [0.3, 0.4) is 0 Å². The van der Waals surface area contributed by atoms with Gasteiger partial charge in [-0.2, -0.15) is 4.31 Å². The average Bonchev–Trinajstić information content (AvgIpc) is 2.95. The molecule has 4 aliphatic carbocycles. The third-order valence-corrected chi connectivity index (χ3v) is 19.4. The van der Waals surface area contributed by atoms with Gasteiger partial charge in [-0.1, -0.05) is 110 Å². The minimum atomic E-state index is -4.09. The number of nitrogens with zero attached hydrogens (tertiary/aromatic N) is 1. The summed E-state index contributed by atoms with van der Waals surface area (Å²) in [4.78, 5) is 0.202. The van der Waals surface area contributed by atoms with Crippen molar-refractivity contribution in [3.05, 3.63) is 90.5 Å². The molecule has 216 valence electrons. The van der Waals surface area contributed by atoms with Crippen LogP contribution in [0.15, 0.2) is 89.8 Å². The SMILES string of the molecule is [2H]C1([2H])N(S(=O)(=O)c2ccc(C)cc2)[C@@H](C[Si](c2ccccc2)(c2ccccc2)C(C)(C)C)C12C1CC3CC(C1)CC2C3. The molecule has 41 heavy (non-hydrogen) atoms. The number of hydrogen-bond acceptors (Lipinski definition) is 2. The molecule has 3 aromatic carbocycles. The van der Waals surface area contributed by atoms with Gasteiger partial charge in [-0.25, -0.2) is 8.42 Å². The smallest absolute Gasteiger partial charge is 0.207 e. The molecular formula is C36H45NO2SSi. The second-order valence-electron chi connectivity index (χ2n) is 14.6. The molecule has 1 aliphatic heterocycles. The van der Waals surface area contributed by atoms with E-state index in [0.717, 1.165) is 31.2 Å². The van der Waals surface area contributed by atoms with Crippen LogP contribution in [-0.4, -0.2) is 33.3 Å². The molecule has 1 saturated heterocycles. The highest BCUT2D eigenvalue weighted by Crippen LogP contribution is 2.69. The van der Waals surface area contributed by atoms with Crippen molar-refractivity contribution in [3.8, 4) is 0 Å². The zero-order chi connectivity index (χ0) is 30.4. The van der Waals surface area contributed by atoms with Crippen LogP contribution in [-0.2, 0) is 10.0 Å². The third kappa shape index (κ3) is 4.09. The summed E-state index contributed by atoms with van der Waals surface area (Å²) in [6.45, 7) is 7.00. The van der Waals surface area contributed by atoms with E-state index in [2.05, 4.69) is 81.4 Å². The molecule has 5 fully saturated rings. The van der Waals surface area contributed by atoms with Crippen molar-refractivity contribution in [1.29, 1.82) is 0 Å². The first-order chi connectivity index (χ1) is 20.3.